The maximum atomic E-state index is 12.2. The molecule has 2 amide bonds. The molecule has 8 nitrogen and oxygen atoms in total. The van der Waals surface area contributed by atoms with Crippen LogP contribution in [-0.4, -0.2) is 53.7 Å². The lowest BCUT2D eigenvalue weighted by Gasteiger charge is -2.20. The quantitative estimate of drug-likeness (QED) is 0.520. The molecule has 8 heteroatoms. The topological polar surface area (TPSA) is 121 Å². The first-order chi connectivity index (χ1) is 12.0. The second kappa shape index (κ2) is 8.29. The number of hydrogen-bond acceptors (Lipinski definition) is 5. The Kier molecular flexibility index (Phi) is 6.13. The summed E-state index contributed by atoms with van der Waals surface area (Å²) in [5, 5.41) is 15.0. The van der Waals surface area contributed by atoms with Gasteiger partial charge < -0.3 is 25.5 Å². The molecule has 1 aromatic carbocycles. The second-order valence-corrected chi connectivity index (χ2v) is 5.58. The van der Waals surface area contributed by atoms with E-state index >= 15 is 0 Å². The van der Waals surface area contributed by atoms with E-state index in [0.717, 1.165) is 16.5 Å². The van der Waals surface area contributed by atoms with Crippen LogP contribution in [0.4, 0.5) is 0 Å². The number of carbonyl (C=O) groups excluding carboxylic acids is 3. The van der Waals surface area contributed by atoms with Crippen LogP contribution in [0, 0.1) is 0 Å². The van der Waals surface area contributed by atoms with Crippen molar-refractivity contribution >= 4 is 28.7 Å². The van der Waals surface area contributed by atoms with Crippen LogP contribution in [0.25, 0.3) is 10.9 Å². The van der Waals surface area contributed by atoms with Crippen molar-refractivity contribution in [3.8, 4) is 0 Å². The van der Waals surface area contributed by atoms with Crippen LogP contribution in [0.15, 0.2) is 30.5 Å². The van der Waals surface area contributed by atoms with E-state index in [1.54, 1.807) is 6.20 Å². The van der Waals surface area contributed by atoms with Crippen LogP contribution in [0.2, 0.25) is 0 Å². The molecule has 2 rings (SSSR count). The Bertz CT molecular complexity index is 770. The molecule has 0 aliphatic rings. The lowest BCUT2D eigenvalue weighted by molar-refractivity contribution is -0.145. The number of aromatic nitrogens is 1. The molecule has 0 aliphatic carbocycles. The molecule has 0 saturated heterocycles. The summed E-state index contributed by atoms with van der Waals surface area (Å²) in [5.74, 6) is -1.73. The number of esters is 1. The van der Waals surface area contributed by atoms with Gasteiger partial charge in [-0.3, -0.25) is 9.59 Å². The van der Waals surface area contributed by atoms with Gasteiger partial charge in [0.15, 0.2) is 0 Å². The van der Waals surface area contributed by atoms with Crippen molar-refractivity contribution in [3.05, 3.63) is 36.0 Å². The van der Waals surface area contributed by atoms with E-state index in [4.69, 9.17) is 4.74 Å². The molecule has 0 saturated carbocycles. The minimum absolute atomic E-state index is 0.209. The maximum absolute atomic E-state index is 12.2. The van der Waals surface area contributed by atoms with Gasteiger partial charge in [-0.15, -0.1) is 0 Å². The molecule has 0 fully saturated rings. The zero-order chi connectivity index (χ0) is 18.4. The van der Waals surface area contributed by atoms with Gasteiger partial charge in [0, 0.05) is 30.4 Å². The molecular formula is C17H21N3O5. The molecule has 0 bridgehead atoms. The van der Waals surface area contributed by atoms with Crippen molar-refractivity contribution in [1.29, 1.82) is 0 Å². The molecule has 2 aromatic rings. The van der Waals surface area contributed by atoms with Crippen LogP contribution in [0.3, 0.4) is 0 Å². The summed E-state index contributed by atoms with van der Waals surface area (Å²) in [6.45, 7) is 0.659. The zero-order valence-corrected chi connectivity index (χ0v) is 14.0. The summed E-state index contributed by atoms with van der Waals surface area (Å²) in [4.78, 5) is 38.5. The smallest absolute Gasteiger partial charge is 0.328 e. The third-order valence-electron chi connectivity index (χ3n) is 3.78. The van der Waals surface area contributed by atoms with Gasteiger partial charge in [-0.05, 0) is 11.6 Å². The van der Waals surface area contributed by atoms with Gasteiger partial charge in [0.05, 0.1) is 13.7 Å². The first-order valence-corrected chi connectivity index (χ1v) is 7.77. The number of fused-ring (bicyclic) bond motifs is 1. The Balaban J connectivity index is 2.17. The Morgan fingerprint density at radius 3 is 2.56 bits per heavy atom. The number of para-hydroxylation sites is 1. The molecule has 4 N–H and O–H groups in total. The van der Waals surface area contributed by atoms with E-state index in [2.05, 4.69) is 15.6 Å². The van der Waals surface area contributed by atoms with E-state index in [0.29, 0.717) is 0 Å². The highest BCUT2D eigenvalue weighted by Crippen LogP contribution is 2.19. The summed E-state index contributed by atoms with van der Waals surface area (Å²) in [6, 6.07) is 5.51. The van der Waals surface area contributed by atoms with Crippen LogP contribution >= 0.6 is 0 Å². The lowest BCUT2D eigenvalue weighted by atomic mass is 10.0. The van der Waals surface area contributed by atoms with E-state index < -0.39 is 36.5 Å². The first kappa shape index (κ1) is 18.5. The number of rotatable bonds is 7. The number of amides is 2. The Hall–Kier alpha value is -2.87. The van der Waals surface area contributed by atoms with Gasteiger partial charge in [-0.2, -0.15) is 0 Å². The summed E-state index contributed by atoms with van der Waals surface area (Å²) in [6.07, 6.45) is 1.98. The van der Waals surface area contributed by atoms with E-state index in [-0.39, 0.29) is 6.42 Å². The van der Waals surface area contributed by atoms with Crippen molar-refractivity contribution in [2.45, 2.75) is 25.4 Å². The standard InChI is InChI=1S/C17H21N3O5/c1-10(22)19-15(9-21)16(23)20-14(17(24)25-2)7-11-8-18-13-6-4-3-5-12(11)13/h3-6,8,14-15,18,21H,7,9H2,1-2H3,(H,19,22)(H,20,23)/t14-,15-/m0/s1. The predicted octanol–water partition coefficient (Wildman–Crippen LogP) is -0.135. The number of carbonyl (C=O) groups is 3. The summed E-state index contributed by atoms with van der Waals surface area (Å²) >= 11 is 0. The van der Waals surface area contributed by atoms with Crippen LogP contribution < -0.4 is 10.6 Å². The monoisotopic (exact) mass is 347 g/mol. The number of aromatic amines is 1. The minimum Gasteiger partial charge on any atom is -0.467 e. The van der Waals surface area contributed by atoms with Gasteiger partial charge in [-0.1, -0.05) is 18.2 Å². The van der Waals surface area contributed by atoms with Crippen molar-refractivity contribution in [2.24, 2.45) is 0 Å². The summed E-state index contributed by atoms with van der Waals surface area (Å²) in [7, 11) is 1.23. The number of hydrogen-bond donors (Lipinski definition) is 4. The Morgan fingerprint density at radius 2 is 1.92 bits per heavy atom. The number of aliphatic hydroxyl groups is 1. The first-order valence-electron chi connectivity index (χ1n) is 7.77. The lowest BCUT2D eigenvalue weighted by Crippen LogP contribution is -2.53. The molecule has 25 heavy (non-hydrogen) atoms. The fraction of sp³-hybridized carbons (Fsp3) is 0.353. The highest BCUT2D eigenvalue weighted by molar-refractivity contribution is 5.91. The van der Waals surface area contributed by atoms with Gasteiger partial charge >= 0.3 is 5.97 Å². The molecule has 1 heterocycles. The highest BCUT2D eigenvalue weighted by atomic mass is 16.5. The molecule has 2 atom stereocenters. The molecular weight excluding hydrogens is 326 g/mol. The number of aliphatic hydroxyl groups excluding tert-OH is 1. The van der Waals surface area contributed by atoms with Gasteiger partial charge in [0.2, 0.25) is 11.8 Å². The fourth-order valence-corrected chi connectivity index (χ4v) is 2.57. The van der Waals surface area contributed by atoms with Crippen molar-refractivity contribution < 1.29 is 24.2 Å². The number of nitrogens with one attached hydrogen (secondary N) is 3. The van der Waals surface area contributed by atoms with E-state index in [1.165, 1.54) is 14.0 Å². The van der Waals surface area contributed by atoms with Crippen molar-refractivity contribution in [2.75, 3.05) is 13.7 Å². The molecule has 0 unspecified atom stereocenters. The Morgan fingerprint density at radius 1 is 1.20 bits per heavy atom. The van der Waals surface area contributed by atoms with Crippen molar-refractivity contribution in [3.63, 3.8) is 0 Å². The van der Waals surface area contributed by atoms with Gasteiger partial charge in [-0.25, -0.2) is 4.79 Å². The molecule has 134 valence electrons. The summed E-state index contributed by atoms with van der Waals surface area (Å²) < 4.78 is 4.75. The molecule has 0 radical (unpaired) electrons. The zero-order valence-electron chi connectivity index (χ0n) is 14.0. The molecule has 1 aromatic heterocycles. The largest absolute Gasteiger partial charge is 0.467 e. The fourth-order valence-electron chi connectivity index (χ4n) is 2.57. The van der Waals surface area contributed by atoms with Gasteiger partial charge in [0.1, 0.15) is 12.1 Å². The predicted molar refractivity (Wildman–Crippen MR) is 90.6 cm³/mol. The van der Waals surface area contributed by atoms with Gasteiger partial charge in [0.25, 0.3) is 0 Å². The van der Waals surface area contributed by atoms with E-state index in [1.807, 2.05) is 24.3 Å². The molecule has 0 spiro atoms. The number of benzene rings is 1. The Labute approximate surface area is 144 Å². The normalized spacial score (nSPS) is 13.1. The van der Waals surface area contributed by atoms with Crippen LogP contribution in [0.1, 0.15) is 12.5 Å². The van der Waals surface area contributed by atoms with Crippen molar-refractivity contribution in [1.82, 2.24) is 15.6 Å². The van der Waals surface area contributed by atoms with E-state index in [9.17, 15) is 19.5 Å². The van der Waals surface area contributed by atoms with Crippen LogP contribution in [0.5, 0.6) is 0 Å². The number of methoxy groups -OCH3 is 1. The SMILES string of the molecule is COC(=O)[C@H](Cc1c[nH]c2ccccc12)NC(=O)[C@H](CO)NC(C)=O. The average molecular weight is 347 g/mol. The third-order valence-corrected chi connectivity index (χ3v) is 3.78. The van der Waals surface area contributed by atoms with Crippen LogP contribution in [-0.2, 0) is 25.5 Å². The number of ether oxygens (including phenoxy) is 1. The average Bonchev–Trinajstić information content (AvgIpc) is 3.01. The molecule has 0 aliphatic heterocycles. The number of H-pyrrole nitrogens is 1. The highest BCUT2D eigenvalue weighted by Gasteiger charge is 2.27. The second-order valence-electron chi connectivity index (χ2n) is 5.58. The maximum Gasteiger partial charge on any atom is 0.328 e. The summed E-state index contributed by atoms with van der Waals surface area (Å²) in [5.41, 5.74) is 1.75. The third kappa shape index (κ3) is 4.57. The minimum atomic E-state index is -1.13.